The number of aliphatic carboxylic acids is 1. The molecule has 2 saturated carbocycles. The lowest BCUT2D eigenvalue weighted by molar-refractivity contribution is -0.139. The molecule has 1 unspecified atom stereocenters. The topological polar surface area (TPSA) is 61.1 Å². The summed E-state index contributed by atoms with van der Waals surface area (Å²) < 4.78 is 14.0. The molecule has 0 bridgehead atoms. The molecule has 4 heteroatoms. The van der Waals surface area contributed by atoms with E-state index in [0.717, 1.165) is 30.6 Å². The van der Waals surface area contributed by atoms with Gasteiger partial charge in [0.05, 0.1) is 11.5 Å². The predicted octanol–water partition coefficient (Wildman–Crippen LogP) is 8.23. The van der Waals surface area contributed by atoms with Gasteiger partial charge in [0.2, 0.25) is 0 Å². The number of unbranched alkanes of at least 4 members (excludes halogenated alkanes) is 4. The Bertz CT molecular complexity index is 785. The zero-order valence-corrected chi connectivity index (χ0v) is 20.4. The van der Waals surface area contributed by atoms with Gasteiger partial charge in [-0.15, -0.1) is 0 Å². The molecule has 0 amide bonds. The molecule has 3 nitrogen and oxygen atoms in total. The molecule has 0 saturated heterocycles. The van der Waals surface area contributed by atoms with Crippen LogP contribution in [-0.4, -0.2) is 11.1 Å². The van der Waals surface area contributed by atoms with E-state index in [9.17, 15) is 14.3 Å². The molecule has 33 heavy (non-hydrogen) atoms. The second kappa shape index (κ2) is 13.1. The molecule has 0 aliphatic heterocycles. The summed E-state index contributed by atoms with van der Waals surface area (Å²) in [4.78, 5) is 11.9. The summed E-state index contributed by atoms with van der Waals surface area (Å²) in [5, 5.41) is 18.7. The van der Waals surface area contributed by atoms with Crippen molar-refractivity contribution in [3.63, 3.8) is 0 Å². The van der Waals surface area contributed by atoms with E-state index in [-0.39, 0.29) is 5.56 Å². The third kappa shape index (κ3) is 7.56. The van der Waals surface area contributed by atoms with Crippen molar-refractivity contribution in [3.05, 3.63) is 35.1 Å². The standard InChI is InChI=1S/C29H42FNO2/c1-2-3-4-5-6-7-21-8-12-23(13-9-21)24-14-10-22(11-15-24)18-27(29(32)33)25-16-17-26(20-31)28(30)19-25/h16-17,19,21-24,27H,2-15,18H2,1H3,(H,32,33). The first-order valence-corrected chi connectivity index (χ1v) is 13.4. The van der Waals surface area contributed by atoms with Gasteiger partial charge in [0.25, 0.3) is 0 Å². The Morgan fingerprint density at radius 2 is 1.61 bits per heavy atom. The molecule has 2 aliphatic rings. The average molecular weight is 456 g/mol. The zero-order chi connectivity index (χ0) is 23.6. The third-order valence-electron chi connectivity index (χ3n) is 8.55. The molecule has 1 atom stereocenters. The zero-order valence-electron chi connectivity index (χ0n) is 20.4. The van der Waals surface area contributed by atoms with E-state index in [4.69, 9.17) is 5.26 Å². The van der Waals surface area contributed by atoms with Crippen LogP contribution in [0.2, 0.25) is 0 Å². The van der Waals surface area contributed by atoms with Crippen LogP contribution in [0.25, 0.3) is 0 Å². The molecule has 0 spiro atoms. The minimum atomic E-state index is -0.894. The van der Waals surface area contributed by atoms with Gasteiger partial charge < -0.3 is 5.11 Å². The molecule has 1 N–H and O–H groups in total. The molecule has 3 rings (SSSR count). The highest BCUT2D eigenvalue weighted by molar-refractivity contribution is 5.76. The van der Waals surface area contributed by atoms with E-state index >= 15 is 0 Å². The van der Waals surface area contributed by atoms with Crippen molar-refractivity contribution in [1.82, 2.24) is 0 Å². The van der Waals surface area contributed by atoms with Crippen molar-refractivity contribution in [2.75, 3.05) is 0 Å². The van der Waals surface area contributed by atoms with Gasteiger partial charge in [0.15, 0.2) is 0 Å². The maximum atomic E-state index is 14.0. The van der Waals surface area contributed by atoms with Gasteiger partial charge in [-0.1, -0.05) is 77.2 Å². The van der Waals surface area contributed by atoms with Gasteiger partial charge in [-0.2, -0.15) is 5.26 Å². The van der Waals surface area contributed by atoms with Crippen molar-refractivity contribution in [3.8, 4) is 6.07 Å². The van der Waals surface area contributed by atoms with Crippen molar-refractivity contribution < 1.29 is 14.3 Å². The van der Waals surface area contributed by atoms with Gasteiger partial charge >= 0.3 is 5.97 Å². The van der Waals surface area contributed by atoms with Gasteiger partial charge in [0, 0.05) is 0 Å². The lowest BCUT2D eigenvalue weighted by Gasteiger charge is -2.38. The number of nitriles is 1. The van der Waals surface area contributed by atoms with Crippen LogP contribution in [0.4, 0.5) is 4.39 Å². The first-order valence-electron chi connectivity index (χ1n) is 13.4. The average Bonchev–Trinajstić information content (AvgIpc) is 2.83. The summed E-state index contributed by atoms with van der Waals surface area (Å²) in [5.74, 6) is 0.800. The number of carbonyl (C=O) groups is 1. The van der Waals surface area contributed by atoms with Gasteiger partial charge in [0.1, 0.15) is 11.9 Å². The van der Waals surface area contributed by atoms with Crippen LogP contribution in [0, 0.1) is 40.8 Å². The van der Waals surface area contributed by atoms with Crippen LogP contribution in [-0.2, 0) is 4.79 Å². The summed E-state index contributed by atoms with van der Waals surface area (Å²) >= 11 is 0. The van der Waals surface area contributed by atoms with Crippen LogP contribution in [0.3, 0.4) is 0 Å². The fraction of sp³-hybridized carbons (Fsp3) is 0.724. The Hall–Kier alpha value is -1.89. The highest BCUT2D eigenvalue weighted by Crippen LogP contribution is 2.44. The Morgan fingerprint density at radius 3 is 2.15 bits per heavy atom. The highest BCUT2D eigenvalue weighted by atomic mass is 19.1. The molecule has 1 aromatic carbocycles. The Kier molecular flexibility index (Phi) is 10.2. The fourth-order valence-corrected chi connectivity index (χ4v) is 6.43. The molecule has 1 aromatic rings. The number of hydrogen-bond acceptors (Lipinski definition) is 2. The molecule has 182 valence electrons. The number of rotatable bonds is 11. The predicted molar refractivity (Wildman–Crippen MR) is 130 cm³/mol. The SMILES string of the molecule is CCCCCCCC1CCC(C2CCC(CC(C(=O)O)c3ccc(C#N)c(F)c3)CC2)CC1. The third-order valence-corrected chi connectivity index (χ3v) is 8.55. The lowest BCUT2D eigenvalue weighted by atomic mass is 9.67. The Morgan fingerprint density at radius 1 is 1.00 bits per heavy atom. The largest absolute Gasteiger partial charge is 0.481 e. The summed E-state index contributed by atoms with van der Waals surface area (Å²) in [6.45, 7) is 2.27. The molecule has 2 fully saturated rings. The number of hydrogen-bond donors (Lipinski definition) is 1. The summed E-state index contributed by atoms with van der Waals surface area (Å²) in [6, 6.07) is 6.05. The lowest BCUT2D eigenvalue weighted by Crippen LogP contribution is -2.27. The van der Waals surface area contributed by atoms with Crippen LogP contribution in [0.15, 0.2) is 18.2 Å². The van der Waals surface area contributed by atoms with Crippen molar-refractivity contribution >= 4 is 5.97 Å². The molecule has 0 radical (unpaired) electrons. The normalized spacial score (nSPS) is 26.5. The minimum Gasteiger partial charge on any atom is -0.481 e. The Balaban J connectivity index is 1.42. The van der Waals surface area contributed by atoms with Crippen molar-refractivity contribution in [1.29, 1.82) is 5.26 Å². The smallest absolute Gasteiger partial charge is 0.310 e. The maximum absolute atomic E-state index is 14.0. The van der Waals surface area contributed by atoms with Crippen LogP contribution >= 0.6 is 0 Å². The minimum absolute atomic E-state index is 0.0328. The quantitative estimate of drug-likeness (QED) is 0.342. The van der Waals surface area contributed by atoms with Crippen LogP contribution < -0.4 is 0 Å². The maximum Gasteiger partial charge on any atom is 0.310 e. The number of carboxylic acid groups (broad SMARTS) is 1. The monoisotopic (exact) mass is 455 g/mol. The molecular weight excluding hydrogens is 413 g/mol. The molecule has 0 aromatic heterocycles. The van der Waals surface area contributed by atoms with Crippen LogP contribution in [0.1, 0.15) is 120 Å². The van der Waals surface area contributed by atoms with Gasteiger partial charge in [-0.05, 0) is 73.5 Å². The van der Waals surface area contributed by atoms with E-state index in [2.05, 4.69) is 6.92 Å². The van der Waals surface area contributed by atoms with Gasteiger partial charge in [-0.3, -0.25) is 4.79 Å². The first kappa shape index (κ1) is 25.7. The van der Waals surface area contributed by atoms with E-state index < -0.39 is 17.7 Å². The van der Waals surface area contributed by atoms with E-state index in [1.165, 1.54) is 89.2 Å². The number of benzene rings is 1. The number of carboxylic acids is 1. The first-order chi connectivity index (χ1) is 16.0. The van der Waals surface area contributed by atoms with Crippen molar-refractivity contribution in [2.45, 2.75) is 109 Å². The summed E-state index contributed by atoms with van der Waals surface area (Å²) in [6.07, 6.45) is 19.1. The second-order valence-corrected chi connectivity index (χ2v) is 10.7. The number of nitrogens with zero attached hydrogens (tertiary/aromatic N) is 1. The molecular formula is C29H42FNO2. The second-order valence-electron chi connectivity index (χ2n) is 10.7. The molecule has 2 aliphatic carbocycles. The fourth-order valence-electron chi connectivity index (χ4n) is 6.43. The summed E-state index contributed by atoms with van der Waals surface area (Å²) in [5.41, 5.74) is 0.448. The van der Waals surface area contributed by atoms with Gasteiger partial charge in [-0.25, -0.2) is 4.39 Å². The van der Waals surface area contributed by atoms with E-state index in [0.29, 0.717) is 17.9 Å². The van der Waals surface area contributed by atoms with E-state index in [1.807, 2.05) is 0 Å². The molecule has 0 heterocycles. The van der Waals surface area contributed by atoms with Crippen molar-refractivity contribution in [2.24, 2.45) is 23.7 Å². The van der Waals surface area contributed by atoms with E-state index in [1.54, 1.807) is 12.1 Å². The number of halogens is 1. The highest BCUT2D eigenvalue weighted by Gasteiger charge is 2.33. The van der Waals surface area contributed by atoms with Crippen LogP contribution in [0.5, 0.6) is 0 Å². The Labute approximate surface area is 199 Å². The summed E-state index contributed by atoms with van der Waals surface area (Å²) in [7, 11) is 0.